The Hall–Kier alpha value is -1.88. The van der Waals surface area contributed by atoms with Gasteiger partial charge >= 0.3 is 0 Å². The Kier molecular flexibility index (Phi) is 5.42. The van der Waals surface area contributed by atoms with E-state index < -0.39 is 5.54 Å². The van der Waals surface area contributed by atoms with Crippen LogP contribution in [0.25, 0.3) is 0 Å². The Balaban J connectivity index is 2.07. The molecule has 1 heterocycles. The van der Waals surface area contributed by atoms with Gasteiger partial charge in [-0.25, -0.2) is 0 Å². The predicted octanol–water partition coefficient (Wildman–Crippen LogP) is 1.72. The molecule has 1 aromatic carbocycles. The summed E-state index contributed by atoms with van der Waals surface area (Å²) >= 11 is 0. The Bertz CT molecular complexity index is 587. The van der Waals surface area contributed by atoms with Gasteiger partial charge in [0.25, 0.3) is 0 Å². The monoisotopic (exact) mass is 318 g/mol. The largest absolute Gasteiger partial charge is 0.394 e. The Morgan fingerprint density at radius 1 is 1.35 bits per heavy atom. The lowest BCUT2D eigenvalue weighted by atomic mass is 9.92. The maximum atomic E-state index is 12.6. The quantitative estimate of drug-likeness (QED) is 0.899. The van der Waals surface area contributed by atoms with Gasteiger partial charge < -0.3 is 14.9 Å². The molecule has 0 spiro atoms. The fraction of sp³-hybridized carbons (Fsp3) is 0.556. The van der Waals surface area contributed by atoms with Crippen LogP contribution in [0.3, 0.4) is 0 Å². The molecule has 0 radical (unpaired) electrons. The molecule has 1 fully saturated rings. The fourth-order valence-electron chi connectivity index (χ4n) is 3.38. The molecular formula is C18H26N2O3. The van der Waals surface area contributed by atoms with E-state index in [0.29, 0.717) is 19.5 Å². The number of benzene rings is 1. The van der Waals surface area contributed by atoms with Gasteiger partial charge in [-0.05, 0) is 30.9 Å². The van der Waals surface area contributed by atoms with Crippen LogP contribution in [0.5, 0.6) is 0 Å². The van der Waals surface area contributed by atoms with Crippen molar-refractivity contribution in [3.8, 4) is 0 Å². The predicted molar refractivity (Wildman–Crippen MR) is 88.7 cm³/mol. The highest BCUT2D eigenvalue weighted by Crippen LogP contribution is 2.33. The third-order valence-electron chi connectivity index (χ3n) is 4.85. The van der Waals surface area contributed by atoms with Crippen molar-refractivity contribution in [2.75, 3.05) is 20.2 Å². The van der Waals surface area contributed by atoms with Gasteiger partial charge in [0.05, 0.1) is 18.6 Å². The van der Waals surface area contributed by atoms with Gasteiger partial charge in [0.2, 0.25) is 11.8 Å². The summed E-state index contributed by atoms with van der Waals surface area (Å²) in [6.45, 7) is 4.50. The molecule has 0 bridgehead atoms. The molecule has 1 atom stereocenters. The standard InChI is InChI=1S/C18H26N2O3/c1-14-7-4-5-8-16(14)12-19(3)17(23)11-18(13-21)9-6-10-20(18)15(2)22/h4-5,7-8,21H,6,9-13H2,1-3H3/t18-/m0/s1. The zero-order valence-electron chi connectivity index (χ0n) is 14.2. The van der Waals surface area contributed by atoms with Crippen LogP contribution < -0.4 is 0 Å². The number of amides is 2. The molecule has 1 aliphatic rings. The average molecular weight is 318 g/mol. The second-order valence-electron chi connectivity index (χ2n) is 6.51. The lowest BCUT2D eigenvalue weighted by Gasteiger charge is -2.37. The number of hydrogen-bond donors (Lipinski definition) is 1. The summed E-state index contributed by atoms with van der Waals surface area (Å²) in [5, 5.41) is 9.84. The van der Waals surface area contributed by atoms with Gasteiger partial charge in [0, 0.05) is 27.1 Å². The van der Waals surface area contributed by atoms with Crippen LogP contribution in [0.1, 0.15) is 37.3 Å². The Morgan fingerprint density at radius 2 is 2.04 bits per heavy atom. The summed E-state index contributed by atoms with van der Waals surface area (Å²) in [5.74, 6) is -0.124. The van der Waals surface area contributed by atoms with Gasteiger partial charge in [-0.3, -0.25) is 9.59 Å². The van der Waals surface area contributed by atoms with E-state index in [-0.39, 0.29) is 24.8 Å². The van der Waals surface area contributed by atoms with Gasteiger partial charge in [-0.1, -0.05) is 24.3 Å². The molecular weight excluding hydrogens is 292 g/mol. The number of carbonyl (C=O) groups is 2. The third-order valence-corrected chi connectivity index (χ3v) is 4.85. The van der Waals surface area contributed by atoms with Crippen LogP contribution in [0.2, 0.25) is 0 Å². The molecule has 2 rings (SSSR count). The number of aryl methyl sites for hydroxylation is 1. The van der Waals surface area contributed by atoms with Gasteiger partial charge in [-0.2, -0.15) is 0 Å². The topological polar surface area (TPSA) is 60.9 Å². The molecule has 5 nitrogen and oxygen atoms in total. The van der Waals surface area contributed by atoms with Crippen molar-refractivity contribution in [3.63, 3.8) is 0 Å². The normalized spacial score (nSPS) is 20.6. The van der Waals surface area contributed by atoms with Crippen molar-refractivity contribution in [2.45, 2.75) is 45.2 Å². The molecule has 1 saturated heterocycles. The van der Waals surface area contributed by atoms with Crippen molar-refractivity contribution < 1.29 is 14.7 Å². The summed E-state index contributed by atoms with van der Waals surface area (Å²) in [4.78, 5) is 27.8. The van der Waals surface area contributed by atoms with Crippen molar-refractivity contribution in [3.05, 3.63) is 35.4 Å². The maximum Gasteiger partial charge on any atom is 0.225 e. The highest BCUT2D eigenvalue weighted by Gasteiger charge is 2.44. The minimum absolute atomic E-state index is 0.0459. The summed E-state index contributed by atoms with van der Waals surface area (Å²) < 4.78 is 0. The van der Waals surface area contributed by atoms with Crippen LogP contribution >= 0.6 is 0 Å². The maximum absolute atomic E-state index is 12.6. The number of rotatable bonds is 5. The zero-order valence-corrected chi connectivity index (χ0v) is 14.2. The number of nitrogens with zero attached hydrogens (tertiary/aromatic N) is 2. The molecule has 0 unspecified atom stereocenters. The fourth-order valence-corrected chi connectivity index (χ4v) is 3.38. The molecule has 1 N–H and O–H groups in total. The number of aliphatic hydroxyl groups excluding tert-OH is 1. The lowest BCUT2D eigenvalue weighted by Crippen LogP contribution is -2.52. The number of aliphatic hydroxyl groups is 1. The van der Waals surface area contributed by atoms with Crippen LogP contribution in [0, 0.1) is 6.92 Å². The molecule has 0 aliphatic carbocycles. The average Bonchev–Trinajstić information content (AvgIpc) is 2.93. The minimum Gasteiger partial charge on any atom is -0.394 e. The summed E-state index contributed by atoms with van der Waals surface area (Å²) in [7, 11) is 1.77. The zero-order chi connectivity index (χ0) is 17.0. The van der Waals surface area contributed by atoms with Crippen LogP contribution in [-0.2, 0) is 16.1 Å². The first kappa shape index (κ1) is 17.5. The molecule has 2 amide bonds. The molecule has 1 aromatic rings. The molecule has 5 heteroatoms. The van der Waals surface area contributed by atoms with E-state index in [1.54, 1.807) is 16.8 Å². The highest BCUT2D eigenvalue weighted by molar-refractivity contribution is 5.80. The second kappa shape index (κ2) is 7.13. The molecule has 23 heavy (non-hydrogen) atoms. The summed E-state index contributed by atoms with van der Waals surface area (Å²) in [6.07, 6.45) is 1.67. The minimum atomic E-state index is -0.733. The van der Waals surface area contributed by atoms with Gasteiger partial charge in [0.15, 0.2) is 0 Å². The van der Waals surface area contributed by atoms with Gasteiger partial charge in [0.1, 0.15) is 0 Å². The Morgan fingerprint density at radius 3 is 2.65 bits per heavy atom. The smallest absolute Gasteiger partial charge is 0.225 e. The number of carbonyl (C=O) groups excluding carboxylic acids is 2. The summed E-state index contributed by atoms with van der Waals surface area (Å²) in [6, 6.07) is 7.98. The molecule has 0 aromatic heterocycles. The lowest BCUT2D eigenvalue weighted by molar-refractivity contribution is -0.140. The number of likely N-dealkylation sites (tertiary alicyclic amines) is 1. The van der Waals surface area contributed by atoms with Crippen LogP contribution in [0.4, 0.5) is 0 Å². The third kappa shape index (κ3) is 3.72. The molecule has 126 valence electrons. The Labute approximate surface area is 137 Å². The van der Waals surface area contributed by atoms with Crippen LogP contribution in [-0.4, -0.2) is 52.5 Å². The van der Waals surface area contributed by atoms with Crippen molar-refractivity contribution >= 4 is 11.8 Å². The highest BCUT2D eigenvalue weighted by atomic mass is 16.3. The van der Waals surface area contributed by atoms with E-state index in [4.69, 9.17) is 0 Å². The van der Waals surface area contributed by atoms with E-state index in [0.717, 1.165) is 17.5 Å². The SMILES string of the molecule is CC(=O)N1CCC[C@@]1(CO)CC(=O)N(C)Cc1ccccc1C. The van der Waals surface area contributed by atoms with E-state index in [9.17, 15) is 14.7 Å². The number of hydrogen-bond acceptors (Lipinski definition) is 3. The van der Waals surface area contributed by atoms with E-state index >= 15 is 0 Å². The first-order valence-corrected chi connectivity index (χ1v) is 8.07. The van der Waals surface area contributed by atoms with E-state index in [2.05, 4.69) is 0 Å². The first-order valence-electron chi connectivity index (χ1n) is 8.07. The van der Waals surface area contributed by atoms with Crippen molar-refractivity contribution in [2.24, 2.45) is 0 Å². The van der Waals surface area contributed by atoms with Gasteiger partial charge in [-0.15, -0.1) is 0 Å². The van der Waals surface area contributed by atoms with Crippen molar-refractivity contribution in [1.82, 2.24) is 9.80 Å². The summed E-state index contributed by atoms with van der Waals surface area (Å²) in [5.41, 5.74) is 1.52. The van der Waals surface area contributed by atoms with Crippen molar-refractivity contribution in [1.29, 1.82) is 0 Å². The second-order valence-corrected chi connectivity index (χ2v) is 6.51. The molecule has 0 saturated carbocycles. The van der Waals surface area contributed by atoms with Crippen LogP contribution in [0.15, 0.2) is 24.3 Å². The molecule has 1 aliphatic heterocycles. The first-order chi connectivity index (χ1) is 10.9. The van der Waals surface area contributed by atoms with E-state index in [1.165, 1.54) is 6.92 Å². The van der Waals surface area contributed by atoms with E-state index in [1.807, 2.05) is 31.2 Å².